The van der Waals surface area contributed by atoms with Crippen LogP contribution in [0.3, 0.4) is 0 Å². The number of halogens is 3. The van der Waals surface area contributed by atoms with Gasteiger partial charge in [-0.3, -0.25) is 0 Å². The molecular formula is C8H4BrF2NS. The SMILES string of the molecule is N#Cc1ccc(SC(F)(F)Br)cc1. The highest BCUT2D eigenvalue weighted by Gasteiger charge is 2.25. The summed E-state index contributed by atoms with van der Waals surface area (Å²) in [6.07, 6.45) is 0. The summed E-state index contributed by atoms with van der Waals surface area (Å²) in [7, 11) is 0. The molecule has 0 fully saturated rings. The Morgan fingerprint density at radius 1 is 1.31 bits per heavy atom. The molecule has 1 aromatic carbocycles. The summed E-state index contributed by atoms with van der Waals surface area (Å²) in [5, 5.41) is 8.45. The first-order valence-corrected chi connectivity index (χ1v) is 4.88. The van der Waals surface area contributed by atoms with Crippen molar-refractivity contribution in [3.8, 4) is 6.07 Å². The molecule has 0 aliphatic carbocycles. The number of alkyl halides is 3. The van der Waals surface area contributed by atoms with Crippen molar-refractivity contribution >= 4 is 27.7 Å². The van der Waals surface area contributed by atoms with Crippen molar-refractivity contribution < 1.29 is 8.78 Å². The van der Waals surface area contributed by atoms with E-state index in [-0.39, 0.29) is 0 Å². The number of hydrogen-bond acceptors (Lipinski definition) is 2. The average Bonchev–Trinajstić information content (AvgIpc) is 2.03. The predicted octanol–water partition coefficient (Wildman–Crippen LogP) is 3.60. The molecule has 13 heavy (non-hydrogen) atoms. The number of nitrogens with zero attached hydrogens (tertiary/aromatic N) is 1. The third kappa shape index (κ3) is 3.75. The maximum absolute atomic E-state index is 12.4. The van der Waals surface area contributed by atoms with E-state index in [1.807, 2.05) is 6.07 Å². The first-order valence-electron chi connectivity index (χ1n) is 3.27. The van der Waals surface area contributed by atoms with Gasteiger partial charge in [-0.25, -0.2) is 0 Å². The molecule has 0 heterocycles. The van der Waals surface area contributed by atoms with Gasteiger partial charge in [0, 0.05) is 20.8 Å². The van der Waals surface area contributed by atoms with E-state index in [1.54, 1.807) is 0 Å². The Balaban J connectivity index is 2.77. The number of benzene rings is 1. The summed E-state index contributed by atoms with van der Waals surface area (Å²) in [5.41, 5.74) is 0.460. The van der Waals surface area contributed by atoms with Crippen molar-refractivity contribution in [2.75, 3.05) is 0 Å². The summed E-state index contributed by atoms with van der Waals surface area (Å²) in [6, 6.07) is 7.88. The molecule has 0 unspecified atom stereocenters. The maximum Gasteiger partial charge on any atom is 0.353 e. The second kappa shape index (κ2) is 4.07. The summed E-state index contributed by atoms with van der Waals surface area (Å²) in [4.78, 5) is 0.417. The lowest BCUT2D eigenvalue weighted by molar-refractivity contribution is 0.221. The molecule has 1 rings (SSSR count). The Labute approximate surface area is 86.9 Å². The van der Waals surface area contributed by atoms with Crippen molar-refractivity contribution in [2.45, 2.75) is 9.06 Å². The highest BCUT2D eigenvalue weighted by atomic mass is 79.9. The molecule has 0 aliphatic heterocycles. The molecule has 1 aromatic rings. The maximum atomic E-state index is 12.4. The zero-order chi connectivity index (χ0) is 9.90. The fourth-order valence-electron chi connectivity index (χ4n) is 0.731. The van der Waals surface area contributed by atoms with Crippen LogP contribution in [0.25, 0.3) is 0 Å². The highest BCUT2D eigenvalue weighted by Crippen LogP contribution is 2.40. The zero-order valence-corrected chi connectivity index (χ0v) is 8.70. The van der Waals surface area contributed by atoms with Gasteiger partial charge >= 0.3 is 4.16 Å². The van der Waals surface area contributed by atoms with Crippen LogP contribution in [0.4, 0.5) is 8.78 Å². The standard InChI is InChI=1S/C8H4BrF2NS/c9-8(10,11)13-7-3-1-6(5-12)2-4-7/h1-4H. The van der Waals surface area contributed by atoms with E-state index >= 15 is 0 Å². The van der Waals surface area contributed by atoms with Crippen LogP contribution in [0.15, 0.2) is 29.2 Å². The molecule has 0 saturated heterocycles. The number of hydrogen-bond donors (Lipinski definition) is 0. The lowest BCUT2D eigenvalue weighted by Gasteiger charge is -2.06. The van der Waals surface area contributed by atoms with Crippen molar-refractivity contribution in [3.05, 3.63) is 29.8 Å². The molecular weight excluding hydrogens is 260 g/mol. The van der Waals surface area contributed by atoms with Gasteiger partial charge in [-0.05, 0) is 36.0 Å². The minimum Gasteiger partial charge on any atom is -0.192 e. The Bertz CT molecular complexity index is 325. The summed E-state index contributed by atoms with van der Waals surface area (Å²) in [5.74, 6) is 0. The Morgan fingerprint density at radius 2 is 1.85 bits per heavy atom. The van der Waals surface area contributed by atoms with E-state index in [0.29, 0.717) is 22.2 Å². The molecule has 0 atom stereocenters. The smallest absolute Gasteiger partial charge is 0.192 e. The summed E-state index contributed by atoms with van der Waals surface area (Å²) in [6.45, 7) is 0. The van der Waals surface area contributed by atoms with E-state index in [0.717, 1.165) is 0 Å². The van der Waals surface area contributed by atoms with E-state index < -0.39 is 4.16 Å². The molecule has 1 nitrogen and oxygen atoms in total. The van der Waals surface area contributed by atoms with Gasteiger partial charge in [0.25, 0.3) is 0 Å². The molecule has 0 spiro atoms. The van der Waals surface area contributed by atoms with Gasteiger partial charge in [0.1, 0.15) is 0 Å². The Hall–Kier alpha value is -0.600. The molecule has 0 amide bonds. The molecule has 0 aromatic heterocycles. The second-order valence-electron chi connectivity index (χ2n) is 2.18. The lowest BCUT2D eigenvalue weighted by atomic mass is 10.2. The summed E-state index contributed by atoms with van der Waals surface area (Å²) < 4.78 is 21.9. The molecule has 0 saturated carbocycles. The fourth-order valence-corrected chi connectivity index (χ4v) is 1.83. The lowest BCUT2D eigenvalue weighted by Crippen LogP contribution is -1.95. The van der Waals surface area contributed by atoms with Crippen LogP contribution in [-0.2, 0) is 0 Å². The van der Waals surface area contributed by atoms with E-state index in [1.165, 1.54) is 24.3 Å². The van der Waals surface area contributed by atoms with Crippen LogP contribution in [-0.4, -0.2) is 4.16 Å². The van der Waals surface area contributed by atoms with Crippen LogP contribution < -0.4 is 0 Å². The third-order valence-electron chi connectivity index (χ3n) is 1.22. The highest BCUT2D eigenvalue weighted by molar-refractivity contribution is 9.11. The number of nitriles is 1. The molecule has 68 valence electrons. The fraction of sp³-hybridized carbons (Fsp3) is 0.125. The van der Waals surface area contributed by atoms with E-state index in [2.05, 4.69) is 15.9 Å². The van der Waals surface area contributed by atoms with Gasteiger partial charge in [0.05, 0.1) is 11.6 Å². The Morgan fingerprint density at radius 3 is 2.23 bits per heavy atom. The first-order chi connectivity index (χ1) is 6.01. The van der Waals surface area contributed by atoms with Gasteiger partial charge in [-0.1, -0.05) is 0 Å². The topological polar surface area (TPSA) is 23.8 Å². The van der Waals surface area contributed by atoms with Crippen molar-refractivity contribution in [2.24, 2.45) is 0 Å². The Kier molecular flexibility index (Phi) is 3.28. The largest absolute Gasteiger partial charge is 0.353 e. The molecule has 5 heteroatoms. The summed E-state index contributed by atoms with van der Waals surface area (Å²) >= 11 is 2.61. The predicted molar refractivity (Wildman–Crippen MR) is 50.9 cm³/mol. The van der Waals surface area contributed by atoms with Crippen molar-refractivity contribution in [1.82, 2.24) is 0 Å². The minimum atomic E-state index is -2.96. The molecule has 0 radical (unpaired) electrons. The van der Waals surface area contributed by atoms with Crippen LogP contribution in [0.5, 0.6) is 0 Å². The van der Waals surface area contributed by atoms with Gasteiger partial charge in [0.15, 0.2) is 0 Å². The number of thioether (sulfide) groups is 1. The second-order valence-corrected chi connectivity index (χ2v) is 4.89. The normalized spacial score (nSPS) is 10.9. The van der Waals surface area contributed by atoms with E-state index in [4.69, 9.17) is 5.26 Å². The van der Waals surface area contributed by atoms with Crippen LogP contribution in [0, 0.1) is 11.3 Å². The van der Waals surface area contributed by atoms with Gasteiger partial charge < -0.3 is 0 Å². The molecule has 0 aliphatic rings. The zero-order valence-electron chi connectivity index (χ0n) is 6.30. The monoisotopic (exact) mass is 263 g/mol. The van der Waals surface area contributed by atoms with Gasteiger partial charge in [-0.2, -0.15) is 14.0 Å². The first kappa shape index (κ1) is 10.5. The van der Waals surface area contributed by atoms with Crippen molar-refractivity contribution in [3.63, 3.8) is 0 Å². The average molecular weight is 264 g/mol. The quantitative estimate of drug-likeness (QED) is 0.602. The van der Waals surface area contributed by atoms with E-state index in [9.17, 15) is 8.78 Å². The number of rotatable bonds is 2. The third-order valence-corrected chi connectivity index (χ3v) is 2.44. The van der Waals surface area contributed by atoms with Crippen LogP contribution >= 0.6 is 27.7 Å². The van der Waals surface area contributed by atoms with Crippen LogP contribution in [0.2, 0.25) is 0 Å². The molecule has 0 N–H and O–H groups in total. The van der Waals surface area contributed by atoms with Gasteiger partial charge in [0.2, 0.25) is 0 Å². The molecule has 0 bridgehead atoms. The minimum absolute atomic E-state index is 0.394. The van der Waals surface area contributed by atoms with Gasteiger partial charge in [-0.15, -0.1) is 0 Å². The van der Waals surface area contributed by atoms with Crippen molar-refractivity contribution in [1.29, 1.82) is 5.26 Å². The van der Waals surface area contributed by atoms with Crippen LogP contribution in [0.1, 0.15) is 5.56 Å².